The summed E-state index contributed by atoms with van der Waals surface area (Å²) in [5.74, 6) is 1.44. The minimum Gasteiger partial charge on any atom is -0.435 e. The first-order chi connectivity index (χ1) is 17.4. The molecule has 1 N–H and O–H groups in total. The predicted molar refractivity (Wildman–Crippen MR) is 133 cm³/mol. The normalized spacial score (nSPS) is 17.9. The lowest BCUT2D eigenvalue weighted by molar-refractivity contribution is 0.381. The van der Waals surface area contributed by atoms with E-state index in [-0.39, 0.29) is 16.8 Å². The zero-order valence-electron chi connectivity index (χ0n) is 20.1. The van der Waals surface area contributed by atoms with Gasteiger partial charge in [-0.3, -0.25) is 9.97 Å². The summed E-state index contributed by atoms with van der Waals surface area (Å²) in [4.78, 5) is 13.7. The lowest BCUT2D eigenvalue weighted by Gasteiger charge is -2.26. The fourth-order valence-electron chi connectivity index (χ4n) is 4.48. The number of nitriles is 1. The minimum absolute atomic E-state index is 0.00466. The SMILES string of the molecule is Cc1cc(C2CC2)nc(C2CC2)c1Oc1nc(-c2cncc(C#N)c2)ccc1S(=O)(=O)NC1CCC1. The maximum atomic E-state index is 13.4. The first-order valence-corrected chi connectivity index (χ1v) is 14.0. The van der Waals surface area contributed by atoms with Crippen molar-refractivity contribution in [2.24, 2.45) is 0 Å². The van der Waals surface area contributed by atoms with Crippen molar-refractivity contribution in [3.63, 3.8) is 0 Å². The Bertz CT molecular complexity index is 1490. The molecule has 0 spiro atoms. The quantitative estimate of drug-likeness (QED) is 0.456. The van der Waals surface area contributed by atoms with Gasteiger partial charge < -0.3 is 4.74 Å². The summed E-state index contributed by atoms with van der Waals surface area (Å²) in [5, 5.41) is 9.28. The van der Waals surface area contributed by atoms with Crippen molar-refractivity contribution in [3.8, 4) is 29.0 Å². The third kappa shape index (κ3) is 4.59. The lowest BCUT2D eigenvalue weighted by Crippen LogP contribution is -2.39. The fraction of sp³-hybridized carbons (Fsp3) is 0.407. The summed E-state index contributed by atoms with van der Waals surface area (Å²) in [5.41, 5.74) is 4.41. The molecule has 9 heteroatoms. The number of sulfonamides is 1. The van der Waals surface area contributed by atoms with Gasteiger partial charge in [0.25, 0.3) is 0 Å². The van der Waals surface area contributed by atoms with Gasteiger partial charge in [0.1, 0.15) is 11.0 Å². The number of nitrogens with one attached hydrogen (secondary N) is 1. The van der Waals surface area contributed by atoms with Gasteiger partial charge in [-0.15, -0.1) is 0 Å². The molecule has 3 aliphatic rings. The highest BCUT2D eigenvalue weighted by Crippen LogP contribution is 2.48. The molecule has 0 atom stereocenters. The first kappa shape index (κ1) is 23.1. The number of aromatic nitrogens is 3. The largest absolute Gasteiger partial charge is 0.435 e. The second kappa shape index (κ2) is 8.95. The molecule has 3 aromatic heterocycles. The summed E-state index contributed by atoms with van der Waals surface area (Å²) in [6.45, 7) is 1.99. The number of ether oxygens (including phenoxy) is 1. The molecule has 3 aliphatic carbocycles. The second-order valence-electron chi connectivity index (χ2n) is 10.1. The van der Waals surface area contributed by atoms with E-state index in [0.717, 1.165) is 61.9 Å². The maximum absolute atomic E-state index is 13.4. The van der Waals surface area contributed by atoms with Gasteiger partial charge in [-0.2, -0.15) is 5.26 Å². The smallest absolute Gasteiger partial charge is 0.246 e. The number of pyridine rings is 3. The Morgan fingerprint density at radius 3 is 2.47 bits per heavy atom. The highest BCUT2D eigenvalue weighted by molar-refractivity contribution is 7.89. The minimum atomic E-state index is -3.85. The van der Waals surface area contributed by atoms with Gasteiger partial charge in [0.2, 0.25) is 15.9 Å². The zero-order valence-corrected chi connectivity index (χ0v) is 20.9. The van der Waals surface area contributed by atoms with Crippen LogP contribution in [0.4, 0.5) is 0 Å². The first-order valence-electron chi connectivity index (χ1n) is 12.5. The topological polar surface area (TPSA) is 118 Å². The Kier molecular flexibility index (Phi) is 5.73. The van der Waals surface area contributed by atoms with Gasteiger partial charge >= 0.3 is 0 Å². The van der Waals surface area contributed by atoms with Crippen molar-refractivity contribution in [1.29, 1.82) is 5.26 Å². The van der Waals surface area contributed by atoms with Crippen molar-refractivity contribution < 1.29 is 13.2 Å². The molecule has 6 rings (SSSR count). The summed E-state index contributed by atoms with van der Waals surface area (Å²) in [6.07, 6.45) is 10.1. The van der Waals surface area contributed by atoms with Crippen LogP contribution < -0.4 is 9.46 Å². The monoisotopic (exact) mass is 501 g/mol. The number of aryl methyl sites for hydroxylation is 1. The highest BCUT2D eigenvalue weighted by Gasteiger charge is 2.34. The van der Waals surface area contributed by atoms with E-state index in [1.807, 2.05) is 6.92 Å². The number of hydrogen-bond donors (Lipinski definition) is 1. The van der Waals surface area contributed by atoms with Crippen LogP contribution in [0.2, 0.25) is 0 Å². The van der Waals surface area contributed by atoms with Gasteiger partial charge in [-0.1, -0.05) is 6.42 Å². The van der Waals surface area contributed by atoms with Gasteiger partial charge in [-0.25, -0.2) is 18.1 Å². The second-order valence-corrected chi connectivity index (χ2v) is 11.7. The Labute approximate surface area is 210 Å². The fourth-order valence-corrected chi connectivity index (χ4v) is 5.84. The Hall–Kier alpha value is -3.35. The van der Waals surface area contributed by atoms with Crippen LogP contribution in [0.15, 0.2) is 41.6 Å². The molecule has 0 aromatic carbocycles. The van der Waals surface area contributed by atoms with Crippen LogP contribution in [-0.2, 0) is 10.0 Å². The van der Waals surface area contributed by atoms with Crippen molar-refractivity contribution in [1.82, 2.24) is 19.7 Å². The van der Waals surface area contributed by atoms with Crippen LogP contribution in [0.3, 0.4) is 0 Å². The van der Waals surface area contributed by atoms with Crippen LogP contribution in [0.5, 0.6) is 11.6 Å². The number of nitrogens with zero attached hydrogens (tertiary/aromatic N) is 4. The van der Waals surface area contributed by atoms with Gasteiger partial charge in [-0.05, 0) is 75.3 Å². The van der Waals surface area contributed by atoms with Crippen molar-refractivity contribution in [2.45, 2.75) is 74.6 Å². The maximum Gasteiger partial charge on any atom is 0.246 e. The van der Waals surface area contributed by atoms with Crippen molar-refractivity contribution in [2.75, 3.05) is 0 Å². The molecule has 3 fully saturated rings. The Morgan fingerprint density at radius 1 is 1.03 bits per heavy atom. The average Bonchev–Trinajstić information content (AvgIpc) is 3.75. The molecule has 0 bridgehead atoms. The van der Waals surface area contributed by atoms with E-state index in [1.165, 1.54) is 12.3 Å². The molecule has 3 heterocycles. The van der Waals surface area contributed by atoms with Crippen LogP contribution in [0, 0.1) is 18.3 Å². The molecule has 0 radical (unpaired) electrons. The molecule has 0 aliphatic heterocycles. The number of rotatable bonds is 8. The standard InChI is InChI=1S/C27H27N5O3S/c1-16-11-23(18-5-6-18)30-25(19-7-8-19)26(16)35-27-24(36(33,34)32-21-3-2-4-21)10-9-22(31-27)20-12-17(13-28)14-29-15-20/h9-12,14-15,18-19,21,32H,2-8H2,1H3. The highest BCUT2D eigenvalue weighted by atomic mass is 32.2. The molecule has 184 valence electrons. The van der Waals surface area contributed by atoms with Gasteiger partial charge in [0.15, 0.2) is 5.75 Å². The summed E-state index contributed by atoms with van der Waals surface area (Å²) in [7, 11) is -3.85. The molecule has 0 amide bonds. The van der Waals surface area contributed by atoms with Crippen LogP contribution >= 0.6 is 0 Å². The van der Waals surface area contributed by atoms with E-state index >= 15 is 0 Å². The van der Waals surface area contributed by atoms with Gasteiger partial charge in [0.05, 0.1) is 17.0 Å². The zero-order chi connectivity index (χ0) is 24.9. The summed E-state index contributed by atoms with van der Waals surface area (Å²) in [6, 6.07) is 8.90. The van der Waals surface area contributed by atoms with E-state index in [0.29, 0.717) is 34.4 Å². The summed E-state index contributed by atoms with van der Waals surface area (Å²) < 4.78 is 35.9. The summed E-state index contributed by atoms with van der Waals surface area (Å²) >= 11 is 0. The van der Waals surface area contributed by atoms with E-state index in [1.54, 1.807) is 18.3 Å². The van der Waals surface area contributed by atoms with Crippen LogP contribution in [0.1, 0.15) is 79.3 Å². The van der Waals surface area contributed by atoms with Crippen LogP contribution in [-0.4, -0.2) is 29.4 Å². The van der Waals surface area contributed by atoms with E-state index in [9.17, 15) is 13.7 Å². The third-order valence-corrected chi connectivity index (χ3v) is 8.60. The van der Waals surface area contributed by atoms with Crippen LogP contribution in [0.25, 0.3) is 11.3 Å². The average molecular weight is 502 g/mol. The van der Waals surface area contributed by atoms with E-state index in [2.05, 4.69) is 26.8 Å². The Morgan fingerprint density at radius 2 is 1.81 bits per heavy atom. The molecule has 8 nitrogen and oxygen atoms in total. The molecular formula is C27H27N5O3S. The van der Waals surface area contributed by atoms with E-state index in [4.69, 9.17) is 9.72 Å². The molecule has 3 aromatic rings. The molecule has 0 saturated heterocycles. The van der Waals surface area contributed by atoms with Crippen molar-refractivity contribution in [3.05, 3.63) is 59.2 Å². The van der Waals surface area contributed by atoms with E-state index < -0.39 is 10.0 Å². The third-order valence-electron chi connectivity index (χ3n) is 7.07. The predicted octanol–water partition coefficient (Wildman–Crippen LogP) is 5.10. The Balaban J connectivity index is 1.45. The van der Waals surface area contributed by atoms with Gasteiger partial charge in [0, 0.05) is 41.5 Å². The molecule has 36 heavy (non-hydrogen) atoms. The molecule has 3 saturated carbocycles. The lowest BCUT2D eigenvalue weighted by atomic mass is 9.94. The number of hydrogen-bond acceptors (Lipinski definition) is 7. The molecular weight excluding hydrogens is 474 g/mol. The van der Waals surface area contributed by atoms with Crippen molar-refractivity contribution >= 4 is 10.0 Å². The molecule has 0 unspecified atom stereocenters.